The second-order valence-corrected chi connectivity index (χ2v) is 5.82. The minimum atomic E-state index is 0.0301. The molecule has 2 rings (SSSR count). The summed E-state index contributed by atoms with van der Waals surface area (Å²) in [5.74, 6) is 0.840. The van der Waals surface area contributed by atoms with E-state index in [9.17, 15) is 4.79 Å². The molecule has 0 aromatic heterocycles. The molecular weight excluding hydrogens is 341 g/mol. The zero-order valence-corrected chi connectivity index (χ0v) is 12.7. The van der Waals surface area contributed by atoms with Gasteiger partial charge in [0.25, 0.3) is 5.91 Å². The maximum absolute atomic E-state index is 12.1. The number of nitrogens with one attached hydrogen (secondary N) is 1. The number of ether oxygens (including phenoxy) is 1. The Morgan fingerprint density at radius 2 is 2.06 bits per heavy atom. The summed E-state index contributed by atoms with van der Waals surface area (Å²) in [6.45, 7) is 0. The summed E-state index contributed by atoms with van der Waals surface area (Å²) in [5.41, 5.74) is 0.714. The standard InChI is InChI=1S/C14H18INO2/c1-18-13-8-7-10(9-12(13)15)14(17)16-11-5-3-2-4-6-11/h7-9,11H,2-6H2,1H3,(H,16,17). The van der Waals surface area contributed by atoms with Crippen LogP contribution in [0.1, 0.15) is 42.5 Å². The highest BCUT2D eigenvalue weighted by Crippen LogP contribution is 2.22. The lowest BCUT2D eigenvalue weighted by atomic mass is 9.95. The number of rotatable bonds is 3. The summed E-state index contributed by atoms with van der Waals surface area (Å²) in [6.07, 6.45) is 5.97. The molecule has 4 heteroatoms. The topological polar surface area (TPSA) is 38.3 Å². The van der Waals surface area contributed by atoms with Crippen molar-refractivity contribution in [3.8, 4) is 5.75 Å². The van der Waals surface area contributed by atoms with Crippen LogP contribution in [-0.2, 0) is 0 Å². The highest BCUT2D eigenvalue weighted by atomic mass is 127. The third-order valence-electron chi connectivity index (χ3n) is 3.35. The molecule has 1 amide bonds. The van der Waals surface area contributed by atoms with Crippen molar-refractivity contribution >= 4 is 28.5 Å². The van der Waals surface area contributed by atoms with Crippen LogP contribution in [0, 0.1) is 3.57 Å². The smallest absolute Gasteiger partial charge is 0.251 e. The first-order valence-corrected chi connectivity index (χ1v) is 7.43. The zero-order chi connectivity index (χ0) is 13.0. The number of carbonyl (C=O) groups excluding carboxylic acids is 1. The normalized spacial score (nSPS) is 16.3. The second-order valence-electron chi connectivity index (χ2n) is 4.66. The quantitative estimate of drug-likeness (QED) is 0.841. The molecule has 3 nitrogen and oxygen atoms in total. The van der Waals surface area contributed by atoms with Crippen molar-refractivity contribution in [2.45, 2.75) is 38.1 Å². The Hall–Kier alpha value is -0.780. The number of halogens is 1. The zero-order valence-electron chi connectivity index (χ0n) is 10.5. The van der Waals surface area contributed by atoms with Crippen molar-refractivity contribution in [3.05, 3.63) is 27.3 Å². The van der Waals surface area contributed by atoms with Gasteiger partial charge < -0.3 is 10.1 Å². The van der Waals surface area contributed by atoms with Crippen molar-refractivity contribution in [2.75, 3.05) is 7.11 Å². The Morgan fingerprint density at radius 3 is 2.67 bits per heavy atom. The fourth-order valence-electron chi connectivity index (χ4n) is 2.32. The second kappa shape index (κ2) is 6.41. The van der Waals surface area contributed by atoms with E-state index in [0.717, 1.165) is 22.2 Å². The van der Waals surface area contributed by atoms with Crippen LogP contribution in [0.25, 0.3) is 0 Å². The average Bonchev–Trinajstić information content (AvgIpc) is 2.39. The molecule has 0 bridgehead atoms. The predicted octanol–water partition coefficient (Wildman–Crippen LogP) is 3.36. The van der Waals surface area contributed by atoms with Gasteiger partial charge in [-0.2, -0.15) is 0 Å². The maximum atomic E-state index is 12.1. The first-order chi connectivity index (χ1) is 8.70. The Morgan fingerprint density at radius 1 is 1.33 bits per heavy atom. The van der Waals surface area contributed by atoms with E-state index in [1.165, 1.54) is 19.3 Å². The maximum Gasteiger partial charge on any atom is 0.251 e. The molecule has 0 aliphatic heterocycles. The molecule has 0 heterocycles. The molecule has 1 fully saturated rings. The molecule has 0 unspecified atom stereocenters. The third kappa shape index (κ3) is 3.37. The lowest BCUT2D eigenvalue weighted by Gasteiger charge is -2.22. The van der Waals surface area contributed by atoms with Gasteiger partial charge in [0, 0.05) is 11.6 Å². The van der Waals surface area contributed by atoms with E-state index in [-0.39, 0.29) is 5.91 Å². The van der Waals surface area contributed by atoms with Gasteiger partial charge in [-0.15, -0.1) is 0 Å². The summed E-state index contributed by atoms with van der Waals surface area (Å²) in [5, 5.41) is 3.12. The molecular formula is C14H18INO2. The first kappa shape index (κ1) is 13.6. The van der Waals surface area contributed by atoms with Crippen LogP contribution < -0.4 is 10.1 Å². The first-order valence-electron chi connectivity index (χ1n) is 6.35. The van der Waals surface area contributed by atoms with E-state index in [1.54, 1.807) is 7.11 Å². The lowest BCUT2D eigenvalue weighted by Crippen LogP contribution is -2.36. The summed E-state index contributed by atoms with van der Waals surface area (Å²) in [6, 6.07) is 5.89. The van der Waals surface area contributed by atoms with Gasteiger partial charge in [0.1, 0.15) is 5.75 Å². The molecule has 0 spiro atoms. The fraction of sp³-hybridized carbons (Fsp3) is 0.500. The lowest BCUT2D eigenvalue weighted by molar-refractivity contribution is 0.0927. The molecule has 0 saturated heterocycles. The average molecular weight is 359 g/mol. The monoisotopic (exact) mass is 359 g/mol. The van der Waals surface area contributed by atoms with Gasteiger partial charge >= 0.3 is 0 Å². The van der Waals surface area contributed by atoms with Crippen LogP contribution in [0.5, 0.6) is 5.75 Å². The van der Waals surface area contributed by atoms with Crippen LogP contribution in [0.15, 0.2) is 18.2 Å². The van der Waals surface area contributed by atoms with Gasteiger partial charge in [0.05, 0.1) is 10.7 Å². The minimum Gasteiger partial charge on any atom is -0.496 e. The van der Waals surface area contributed by atoms with Crippen molar-refractivity contribution in [1.29, 1.82) is 0 Å². The molecule has 1 aromatic rings. The van der Waals surface area contributed by atoms with Gasteiger partial charge in [-0.05, 0) is 53.6 Å². The molecule has 1 aromatic carbocycles. The Balaban J connectivity index is 2.01. The third-order valence-corrected chi connectivity index (χ3v) is 4.20. The molecule has 1 aliphatic rings. The van der Waals surface area contributed by atoms with Gasteiger partial charge in [-0.3, -0.25) is 4.79 Å². The highest BCUT2D eigenvalue weighted by Gasteiger charge is 2.17. The summed E-state index contributed by atoms with van der Waals surface area (Å²) < 4.78 is 6.15. The van der Waals surface area contributed by atoms with E-state index in [0.29, 0.717) is 11.6 Å². The summed E-state index contributed by atoms with van der Waals surface area (Å²) >= 11 is 2.19. The molecule has 0 radical (unpaired) electrons. The number of carbonyl (C=O) groups is 1. The van der Waals surface area contributed by atoms with Crippen molar-refractivity contribution in [3.63, 3.8) is 0 Å². The number of amides is 1. The van der Waals surface area contributed by atoms with Gasteiger partial charge in [0.15, 0.2) is 0 Å². The molecule has 0 atom stereocenters. The number of methoxy groups -OCH3 is 1. The van der Waals surface area contributed by atoms with Crippen LogP contribution >= 0.6 is 22.6 Å². The number of benzene rings is 1. The number of hydrogen-bond donors (Lipinski definition) is 1. The molecule has 98 valence electrons. The SMILES string of the molecule is COc1ccc(C(=O)NC2CCCCC2)cc1I. The largest absolute Gasteiger partial charge is 0.496 e. The Labute approximate surface area is 121 Å². The van der Waals surface area contributed by atoms with Crippen LogP contribution in [0.2, 0.25) is 0 Å². The fourth-order valence-corrected chi connectivity index (χ4v) is 3.06. The molecule has 1 aliphatic carbocycles. The van der Waals surface area contributed by atoms with Crippen LogP contribution in [0.3, 0.4) is 0 Å². The van der Waals surface area contributed by atoms with Crippen molar-refractivity contribution in [2.24, 2.45) is 0 Å². The highest BCUT2D eigenvalue weighted by molar-refractivity contribution is 14.1. The van der Waals surface area contributed by atoms with E-state index in [2.05, 4.69) is 27.9 Å². The molecule has 1 N–H and O–H groups in total. The van der Waals surface area contributed by atoms with E-state index in [1.807, 2.05) is 18.2 Å². The predicted molar refractivity (Wildman–Crippen MR) is 80.1 cm³/mol. The van der Waals surface area contributed by atoms with Gasteiger partial charge in [-0.1, -0.05) is 19.3 Å². The van der Waals surface area contributed by atoms with Crippen molar-refractivity contribution in [1.82, 2.24) is 5.32 Å². The van der Waals surface area contributed by atoms with Crippen molar-refractivity contribution < 1.29 is 9.53 Å². The summed E-state index contributed by atoms with van der Waals surface area (Å²) in [4.78, 5) is 12.1. The Kier molecular flexibility index (Phi) is 4.86. The minimum absolute atomic E-state index is 0.0301. The number of hydrogen-bond acceptors (Lipinski definition) is 2. The van der Waals surface area contributed by atoms with E-state index < -0.39 is 0 Å². The van der Waals surface area contributed by atoms with Gasteiger partial charge in [0.2, 0.25) is 0 Å². The van der Waals surface area contributed by atoms with Gasteiger partial charge in [-0.25, -0.2) is 0 Å². The Bertz CT molecular complexity index is 428. The van der Waals surface area contributed by atoms with E-state index in [4.69, 9.17) is 4.74 Å². The molecule has 1 saturated carbocycles. The van der Waals surface area contributed by atoms with Crippen LogP contribution in [-0.4, -0.2) is 19.1 Å². The molecule has 18 heavy (non-hydrogen) atoms. The van der Waals surface area contributed by atoms with E-state index >= 15 is 0 Å². The summed E-state index contributed by atoms with van der Waals surface area (Å²) in [7, 11) is 1.64. The van der Waals surface area contributed by atoms with Crippen LogP contribution in [0.4, 0.5) is 0 Å².